The number of nitrogens with one attached hydrogen (secondary N) is 1. The van der Waals surface area contributed by atoms with Crippen molar-refractivity contribution in [3.63, 3.8) is 0 Å². The Kier molecular flexibility index (Phi) is 5.26. The molecule has 1 aromatic carbocycles. The molecule has 0 saturated heterocycles. The molecular formula is C17H28N2. The number of benzene rings is 1. The van der Waals surface area contributed by atoms with Crippen LogP contribution in [-0.4, -0.2) is 19.1 Å². The van der Waals surface area contributed by atoms with Gasteiger partial charge in [-0.2, -0.15) is 0 Å². The second kappa shape index (κ2) is 6.95. The molecule has 1 aliphatic rings. The van der Waals surface area contributed by atoms with Crippen molar-refractivity contribution in [1.29, 1.82) is 0 Å². The van der Waals surface area contributed by atoms with E-state index in [9.17, 15) is 0 Å². The lowest BCUT2D eigenvalue weighted by Gasteiger charge is -2.28. The summed E-state index contributed by atoms with van der Waals surface area (Å²) in [7, 11) is 0. The molecule has 2 heteroatoms. The minimum absolute atomic E-state index is 0.568. The van der Waals surface area contributed by atoms with Gasteiger partial charge in [0.2, 0.25) is 0 Å². The number of anilines is 1. The number of nitrogens with zero attached hydrogens (tertiary/aromatic N) is 1. The largest absolute Gasteiger partial charge is 0.370 e. The van der Waals surface area contributed by atoms with E-state index < -0.39 is 0 Å². The Balaban J connectivity index is 2.12. The molecule has 2 nitrogen and oxygen atoms in total. The van der Waals surface area contributed by atoms with E-state index in [0.29, 0.717) is 6.04 Å². The van der Waals surface area contributed by atoms with Crippen LogP contribution in [0.5, 0.6) is 0 Å². The van der Waals surface area contributed by atoms with Crippen molar-refractivity contribution < 1.29 is 0 Å². The quantitative estimate of drug-likeness (QED) is 0.808. The van der Waals surface area contributed by atoms with Gasteiger partial charge in [0.1, 0.15) is 0 Å². The number of fused-ring (bicyclic) bond motifs is 1. The maximum atomic E-state index is 3.62. The minimum atomic E-state index is 0.568. The lowest BCUT2D eigenvalue weighted by atomic mass is 10.1. The molecule has 1 N–H and O–H groups in total. The van der Waals surface area contributed by atoms with Crippen molar-refractivity contribution in [3.05, 3.63) is 29.3 Å². The summed E-state index contributed by atoms with van der Waals surface area (Å²) >= 11 is 0. The Labute approximate surface area is 118 Å². The SMILES string of the molecule is CCCCCCN1CC(C)NCc2cccc(C)c21. The lowest BCUT2D eigenvalue weighted by Crippen LogP contribution is -2.36. The molecule has 0 spiro atoms. The predicted octanol–water partition coefficient (Wildman–Crippen LogP) is 3.87. The van der Waals surface area contributed by atoms with Crippen LogP contribution in [0.15, 0.2) is 18.2 Å². The number of aryl methyl sites for hydroxylation is 1. The third kappa shape index (κ3) is 3.73. The number of hydrogen-bond donors (Lipinski definition) is 1. The van der Waals surface area contributed by atoms with Gasteiger partial charge in [-0.1, -0.05) is 44.4 Å². The van der Waals surface area contributed by atoms with Gasteiger partial charge < -0.3 is 10.2 Å². The van der Waals surface area contributed by atoms with Crippen molar-refractivity contribution in [2.75, 3.05) is 18.0 Å². The van der Waals surface area contributed by atoms with Gasteiger partial charge in [-0.15, -0.1) is 0 Å². The third-order valence-electron chi connectivity index (χ3n) is 4.05. The topological polar surface area (TPSA) is 15.3 Å². The van der Waals surface area contributed by atoms with Gasteiger partial charge in [-0.05, 0) is 31.4 Å². The molecule has 1 aromatic rings. The van der Waals surface area contributed by atoms with Crippen molar-refractivity contribution >= 4 is 5.69 Å². The molecule has 0 radical (unpaired) electrons. The Morgan fingerprint density at radius 2 is 2.11 bits per heavy atom. The first kappa shape index (κ1) is 14.4. The molecule has 1 aliphatic heterocycles. The maximum Gasteiger partial charge on any atom is 0.0442 e. The van der Waals surface area contributed by atoms with Crippen LogP contribution in [0.2, 0.25) is 0 Å². The molecule has 0 aliphatic carbocycles. The summed E-state index contributed by atoms with van der Waals surface area (Å²) < 4.78 is 0. The zero-order chi connectivity index (χ0) is 13.7. The smallest absolute Gasteiger partial charge is 0.0442 e. The van der Waals surface area contributed by atoms with Gasteiger partial charge in [0, 0.05) is 31.4 Å². The molecule has 2 rings (SSSR count). The molecule has 0 fully saturated rings. The molecule has 0 aromatic heterocycles. The fraction of sp³-hybridized carbons (Fsp3) is 0.647. The molecule has 1 unspecified atom stereocenters. The van der Waals surface area contributed by atoms with E-state index >= 15 is 0 Å². The van der Waals surface area contributed by atoms with E-state index in [1.807, 2.05) is 0 Å². The second-order valence-electron chi connectivity index (χ2n) is 5.87. The number of unbranched alkanes of at least 4 members (excludes halogenated alkanes) is 3. The average molecular weight is 260 g/mol. The van der Waals surface area contributed by atoms with E-state index in [-0.39, 0.29) is 0 Å². The van der Waals surface area contributed by atoms with Crippen LogP contribution < -0.4 is 10.2 Å². The highest BCUT2D eigenvalue weighted by molar-refractivity contribution is 5.60. The van der Waals surface area contributed by atoms with E-state index in [1.165, 1.54) is 49.0 Å². The summed E-state index contributed by atoms with van der Waals surface area (Å²) in [6, 6.07) is 7.26. The van der Waals surface area contributed by atoms with Crippen molar-refractivity contribution in [3.8, 4) is 0 Å². The highest BCUT2D eigenvalue weighted by atomic mass is 15.2. The Bertz CT molecular complexity index is 400. The maximum absolute atomic E-state index is 3.62. The average Bonchev–Trinajstić information content (AvgIpc) is 2.55. The highest BCUT2D eigenvalue weighted by Gasteiger charge is 2.19. The fourth-order valence-corrected chi connectivity index (χ4v) is 3.02. The van der Waals surface area contributed by atoms with Crippen molar-refractivity contribution in [1.82, 2.24) is 5.32 Å². The first-order valence-corrected chi connectivity index (χ1v) is 7.79. The molecule has 0 bridgehead atoms. The summed E-state index contributed by atoms with van der Waals surface area (Å²) in [6.45, 7) is 10.1. The van der Waals surface area contributed by atoms with E-state index in [0.717, 1.165) is 13.1 Å². The fourth-order valence-electron chi connectivity index (χ4n) is 3.02. The zero-order valence-electron chi connectivity index (χ0n) is 12.7. The predicted molar refractivity (Wildman–Crippen MR) is 83.8 cm³/mol. The third-order valence-corrected chi connectivity index (χ3v) is 4.05. The van der Waals surface area contributed by atoms with Crippen molar-refractivity contribution in [2.45, 2.75) is 59.0 Å². The van der Waals surface area contributed by atoms with E-state index in [1.54, 1.807) is 0 Å². The normalized spacial score (nSPS) is 19.1. The van der Waals surface area contributed by atoms with Crippen LogP contribution in [0, 0.1) is 6.92 Å². The van der Waals surface area contributed by atoms with E-state index in [2.05, 4.69) is 49.2 Å². The lowest BCUT2D eigenvalue weighted by molar-refractivity contribution is 0.544. The molecule has 1 atom stereocenters. The van der Waals surface area contributed by atoms with Crippen LogP contribution in [0.4, 0.5) is 5.69 Å². The van der Waals surface area contributed by atoms with Gasteiger partial charge in [0.05, 0.1) is 0 Å². The zero-order valence-corrected chi connectivity index (χ0v) is 12.7. The van der Waals surface area contributed by atoms with Crippen molar-refractivity contribution in [2.24, 2.45) is 0 Å². The molecule has 19 heavy (non-hydrogen) atoms. The molecule has 1 heterocycles. The van der Waals surface area contributed by atoms with Crippen LogP contribution in [0.1, 0.15) is 50.7 Å². The molecule has 106 valence electrons. The monoisotopic (exact) mass is 260 g/mol. The number of hydrogen-bond acceptors (Lipinski definition) is 2. The van der Waals surface area contributed by atoms with Gasteiger partial charge in [0.15, 0.2) is 0 Å². The van der Waals surface area contributed by atoms with Gasteiger partial charge in [-0.25, -0.2) is 0 Å². The first-order chi connectivity index (χ1) is 9.22. The number of para-hydroxylation sites is 1. The van der Waals surface area contributed by atoms with Crippen LogP contribution in [0.3, 0.4) is 0 Å². The van der Waals surface area contributed by atoms with Gasteiger partial charge in [0.25, 0.3) is 0 Å². The minimum Gasteiger partial charge on any atom is -0.370 e. The molecule has 0 saturated carbocycles. The summed E-state index contributed by atoms with van der Waals surface area (Å²) in [4.78, 5) is 2.60. The molecule has 0 amide bonds. The Morgan fingerprint density at radius 3 is 2.89 bits per heavy atom. The van der Waals surface area contributed by atoms with Gasteiger partial charge >= 0.3 is 0 Å². The summed E-state index contributed by atoms with van der Waals surface area (Å²) in [5.41, 5.74) is 4.36. The van der Waals surface area contributed by atoms with Gasteiger partial charge in [-0.3, -0.25) is 0 Å². The van der Waals surface area contributed by atoms with Crippen LogP contribution in [-0.2, 0) is 6.54 Å². The van der Waals surface area contributed by atoms with E-state index in [4.69, 9.17) is 0 Å². The Morgan fingerprint density at radius 1 is 1.26 bits per heavy atom. The van der Waals surface area contributed by atoms with Crippen LogP contribution >= 0.6 is 0 Å². The van der Waals surface area contributed by atoms with Crippen LogP contribution in [0.25, 0.3) is 0 Å². The standard InChI is InChI=1S/C17H28N2/c1-4-5-6-7-11-19-13-15(3)18-12-16-10-8-9-14(2)17(16)19/h8-10,15,18H,4-7,11-13H2,1-3H3. The highest BCUT2D eigenvalue weighted by Crippen LogP contribution is 2.28. The summed E-state index contributed by atoms with van der Waals surface area (Å²) in [5.74, 6) is 0. The first-order valence-electron chi connectivity index (χ1n) is 7.79. The summed E-state index contributed by atoms with van der Waals surface area (Å²) in [6.07, 6.45) is 5.35. The second-order valence-corrected chi connectivity index (χ2v) is 5.87. The Hall–Kier alpha value is -1.02. The molecular weight excluding hydrogens is 232 g/mol. The number of rotatable bonds is 5. The summed E-state index contributed by atoms with van der Waals surface area (Å²) in [5, 5.41) is 3.62.